The van der Waals surface area contributed by atoms with Gasteiger partial charge in [0.25, 0.3) is 0 Å². The number of ether oxygens (including phenoxy) is 1. The average molecular weight is 299 g/mol. The predicted octanol–water partition coefficient (Wildman–Crippen LogP) is 3.47. The molecule has 0 saturated heterocycles. The van der Waals surface area contributed by atoms with Crippen molar-refractivity contribution in [1.82, 2.24) is 0 Å². The van der Waals surface area contributed by atoms with Crippen molar-refractivity contribution in [2.24, 2.45) is 0 Å². The first-order valence-corrected chi connectivity index (χ1v) is 4.98. The predicted molar refractivity (Wildman–Crippen MR) is 55.8 cm³/mol. The molecule has 1 aromatic carbocycles. The van der Waals surface area contributed by atoms with Gasteiger partial charge >= 0.3 is 5.38 Å². The number of ketones is 1. The van der Waals surface area contributed by atoms with Gasteiger partial charge in [-0.15, -0.1) is 0 Å². The van der Waals surface area contributed by atoms with Gasteiger partial charge in [0, 0.05) is 5.56 Å². The Morgan fingerprint density at radius 2 is 2.13 bits per heavy atom. The SMILES string of the molecule is COc1cc(C(=O)C(F)(F)Cl)ccc1Br. The molecule has 1 aromatic rings. The molecule has 15 heavy (non-hydrogen) atoms. The molecule has 0 heterocycles. The summed E-state index contributed by atoms with van der Waals surface area (Å²) in [5, 5.41) is -3.89. The number of halogens is 4. The van der Waals surface area contributed by atoms with Crippen LogP contribution in [0.3, 0.4) is 0 Å². The van der Waals surface area contributed by atoms with Crippen LogP contribution in [0.4, 0.5) is 8.78 Å². The summed E-state index contributed by atoms with van der Waals surface area (Å²) in [6.45, 7) is 0. The van der Waals surface area contributed by atoms with E-state index in [0.717, 1.165) is 0 Å². The number of carbonyl (C=O) groups excluding carboxylic acids is 1. The minimum absolute atomic E-state index is 0.199. The first-order chi connectivity index (χ1) is 6.86. The fraction of sp³-hybridized carbons (Fsp3) is 0.222. The van der Waals surface area contributed by atoms with Crippen molar-refractivity contribution >= 4 is 33.3 Å². The Morgan fingerprint density at radius 3 is 2.60 bits per heavy atom. The molecule has 0 radical (unpaired) electrons. The van der Waals surface area contributed by atoms with Gasteiger partial charge < -0.3 is 4.74 Å². The number of hydrogen-bond donors (Lipinski definition) is 0. The maximum atomic E-state index is 12.5. The fourth-order valence-electron chi connectivity index (χ4n) is 0.965. The lowest BCUT2D eigenvalue weighted by atomic mass is 10.1. The van der Waals surface area contributed by atoms with Crippen molar-refractivity contribution in [1.29, 1.82) is 0 Å². The van der Waals surface area contributed by atoms with Crippen LogP contribution in [0.15, 0.2) is 22.7 Å². The number of benzene rings is 1. The normalized spacial score (nSPS) is 11.3. The molecule has 6 heteroatoms. The van der Waals surface area contributed by atoms with Gasteiger partial charge in [-0.3, -0.25) is 4.79 Å². The van der Waals surface area contributed by atoms with E-state index in [1.54, 1.807) is 0 Å². The van der Waals surface area contributed by atoms with Crippen LogP contribution in [0.1, 0.15) is 10.4 Å². The van der Waals surface area contributed by atoms with E-state index in [-0.39, 0.29) is 5.56 Å². The first-order valence-electron chi connectivity index (χ1n) is 3.81. The van der Waals surface area contributed by atoms with Gasteiger partial charge in [-0.1, -0.05) is 0 Å². The first kappa shape index (κ1) is 12.4. The molecule has 0 amide bonds. The van der Waals surface area contributed by atoms with E-state index in [9.17, 15) is 13.6 Å². The van der Waals surface area contributed by atoms with Crippen molar-refractivity contribution in [3.05, 3.63) is 28.2 Å². The summed E-state index contributed by atoms with van der Waals surface area (Å²) >= 11 is 7.75. The summed E-state index contributed by atoms with van der Waals surface area (Å²) in [7, 11) is 1.37. The summed E-state index contributed by atoms with van der Waals surface area (Å²) < 4.78 is 30.4. The number of rotatable bonds is 3. The second-order valence-corrected chi connectivity index (χ2v) is 4.01. The lowest BCUT2D eigenvalue weighted by Crippen LogP contribution is -2.21. The van der Waals surface area contributed by atoms with Crippen molar-refractivity contribution in [3.63, 3.8) is 0 Å². The molecule has 0 saturated carbocycles. The van der Waals surface area contributed by atoms with E-state index < -0.39 is 11.2 Å². The maximum Gasteiger partial charge on any atom is 0.384 e. The summed E-state index contributed by atoms with van der Waals surface area (Å²) in [5.74, 6) is -1.16. The Hall–Kier alpha value is -0.680. The minimum atomic E-state index is -3.89. The summed E-state index contributed by atoms with van der Waals surface area (Å²) in [6, 6.07) is 3.88. The number of methoxy groups -OCH3 is 1. The second kappa shape index (κ2) is 4.45. The van der Waals surface area contributed by atoms with Gasteiger partial charge in [0.15, 0.2) is 0 Å². The zero-order chi connectivity index (χ0) is 11.6. The van der Waals surface area contributed by atoms with Crippen molar-refractivity contribution in [2.75, 3.05) is 7.11 Å². The van der Waals surface area contributed by atoms with E-state index in [2.05, 4.69) is 27.5 Å². The summed E-state index contributed by atoms with van der Waals surface area (Å²) in [4.78, 5) is 11.1. The van der Waals surface area contributed by atoms with Crippen molar-refractivity contribution in [2.45, 2.75) is 5.38 Å². The van der Waals surface area contributed by atoms with Crippen LogP contribution in [0, 0.1) is 0 Å². The number of carbonyl (C=O) groups is 1. The number of alkyl halides is 3. The standard InChI is InChI=1S/C9H6BrClF2O2/c1-15-7-4-5(2-3-6(7)10)8(14)9(11,12)13/h2-4H,1H3. The lowest BCUT2D eigenvalue weighted by Gasteiger charge is -2.08. The van der Waals surface area contributed by atoms with Crippen LogP contribution in [-0.4, -0.2) is 18.3 Å². The molecule has 82 valence electrons. The smallest absolute Gasteiger partial charge is 0.384 e. The highest BCUT2D eigenvalue weighted by atomic mass is 79.9. The Morgan fingerprint density at radius 1 is 1.53 bits per heavy atom. The van der Waals surface area contributed by atoms with Gasteiger partial charge in [0.1, 0.15) is 5.75 Å². The van der Waals surface area contributed by atoms with Gasteiger partial charge in [-0.2, -0.15) is 8.78 Å². The average Bonchev–Trinajstić information content (AvgIpc) is 2.16. The third-order valence-corrected chi connectivity index (χ3v) is 2.50. The summed E-state index contributed by atoms with van der Waals surface area (Å²) in [5.41, 5.74) is -0.199. The molecule has 1 rings (SSSR count). The van der Waals surface area contributed by atoms with Gasteiger partial charge in [0.05, 0.1) is 11.6 Å². The van der Waals surface area contributed by atoms with Gasteiger partial charge in [-0.05, 0) is 45.7 Å². The highest BCUT2D eigenvalue weighted by Gasteiger charge is 2.36. The molecule has 0 aromatic heterocycles. The Balaban J connectivity index is 3.12. The third-order valence-electron chi connectivity index (χ3n) is 1.67. The highest BCUT2D eigenvalue weighted by molar-refractivity contribution is 9.10. The van der Waals surface area contributed by atoms with E-state index in [0.29, 0.717) is 10.2 Å². The van der Waals surface area contributed by atoms with Crippen LogP contribution in [0.5, 0.6) is 5.75 Å². The van der Waals surface area contributed by atoms with E-state index in [4.69, 9.17) is 4.74 Å². The molecule has 2 nitrogen and oxygen atoms in total. The largest absolute Gasteiger partial charge is 0.496 e. The minimum Gasteiger partial charge on any atom is -0.496 e. The molecular formula is C9H6BrClF2O2. The highest BCUT2D eigenvalue weighted by Crippen LogP contribution is 2.30. The number of Topliss-reactive ketones (excluding diaryl/α,β-unsaturated/α-hetero) is 1. The molecule has 0 aliphatic carbocycles. The summed E-state index contributed by atoms with van der Waals surface area (Å²) in [6.07, 6.45) is 0. The lowest BCUT2D eigenvalue weighted by molar-refractivity contribution is 0.0536. The van der Waals surface area contributed by atoms with Crippen molar-refractivity contribution < 1.29 is 18.3 Å². The van der Waals surface area contributed by atoms with Crippen LogP contribution in [0.25, 0.3) is 0 Å². The Kier molecular flexibility index (Phi) is 3.67. The van der Waals surface area contributed by atoms with Crippen LogP contribution >= 0.6 is 27.5 Å². The van der Waals surface area contributed by atoms with Gasteiger partial charge in [0.2, 0.25) is 5.78 Å². The fourth-order valence-corrected chi connectivity index (χ4v) is 1.48. The van der Waals surface area contributed by atoms with Gasteiger partial charge in [-0.25, -0.2) is 0 Å². The molecule has 0 atom stereocenters. The Labute approximate surface area is 98.3 Å². The van der Waals surface area contributed by atoms with Crippen LogP contribution in [0.2, 0.25) is 0 Å². The zero-order valence-corrected chi connectivity index (χ0v) is 9.90. The molecule has 0 aliphatic heterocycles. The molecule has 0 bridgehead atoms. The third kappa shape index (κ3) is 2.89. The van der Waals surface area contributed by atoms with Crippen LogP contribution < -0.4 is 4.74 Å². The molecule has 0 N–H and O–H groups in total. The molecule has 0 aliphatic rings. The van der Waals surface area contributed by atoms with Crippen LogP contribution in [-0.2, 0) is 0 Å². The quantitative estimate of drug-likeness (QED) is 0.631. The van der Waals surface area contributed by atoms with E-state index >= 15 is 0 Å². The maximum absolute atomic E-state index is 12.5. The molecular weight excluding hydrogens is 293 g/mol. The zero-order valence-electron chi connectivity index (χ0n) is 7.56. The number of hydrogen-bond acceptors (Lipinski definition) is 2. The monoisotopic (exact) mass is 298 g/mol. The van der Waals surface area contributed by atoms with Crippen molar-refractivity contribution in [3.8, 4) is 5.75 Å². The second-order valence-electron chi connectivity index (χ2n) is 2.68. The molecule has 0 fully saturated rings. The Bertz CT molecular complexity index is 390. The molecule has 0 spiro atoms. The van der Waals surface area contributed by atoms with E-state index in [1.807, 2.05) is 0 Å². The van der Waals surface area contributed by atoms with E-state index in [1.165, 1.54) is 25.3 Å². The topological polar surface area (TPSA) is 26.3 Å². The molecule has 0 unspecified atom stereocenters.